The third-order valence-electron chi connectivity index (χ3n) is 2.60. The Labute approximate surface area is 116 Å². The largest absolute Gasteiger partial charge is 0.477 e. The molecule has 2 rings (SSSR count). The van der Waals surface area contributed by atoms with E-state index in [0.29, 0.717) is 6.07 Å². The van der Waals surface area contributed by atoms with Gasteiger partial charge in [-0.1, -0.05) is 0 Å². The number of aryl methyl sites for hydroxylation is 1. The number of rotatable bonds is 2. The summed E-state index contributed by atoms with van der Waals surface area (Å²) < 4.78 is 51.9. The summed E-state index contributed by atoms with van der Waals surface area (Å²) in [7, 11) is 0. The van der Waals surface area contributed by atoms with E-state index in [0.717, 1.165) is 18.2 Å². The molecule has 0 atom stereocenters. The standard InChI is InChI=1S/C13H8F4N2O2/c1-6-4-10(12(20)21)19-11(18-6)8-3-2-7(14)5-9(8)13(15,16)17/h2-5H,1H3,(H,20,21). The molecular weight excluding hydrogens is 292 g/mol. The summed E-state index contributed by atoms with van der Waals surface area (Å²) in [5.74, 6) is -2.87. The van der Waals surface area contributed by atoms with Gasteiger partial charge in [0.05, 0.1) is 5.56 Å². The molecule has 2 aromatic rings. The van der Waals surface area contributed by atoms with Crippen molar-refractivity contribution < 1.29 is 27.5 Å². The summed E-state index contributed by atoms with van der Waals surface area (Å²) in [4.78, 5) is 18.3. The smallest absolute Gasteiger partial charge is 0.417 e. The third-order valence-corrected chi connectivity index (χ3v) is 2.60. The summed E-state index contributed by atoms with van der Waals surface area (Å²) in [5.41, 5.74) is -1.98. The fourth-order valence-electron chi connectivity index (χ4n) is 1.74. The fourth-order valence-corrected chi connectivity index (χ4v) is 1.74. The molecule has 1 aromatic heterocycles. The van der Waals surface area contributed by atoms with E-state index in [9.17, 15) is 22.4 Å². The van der Waals surface area contributed by atoms with Crippen molar-refractivity contribution in [2.75, 3.05) is 0 Å². The number of carbonyl (C=O) groups is 1. The van der Waals surface area contributed by atoms with Gasteiger partial charge < -0.3 is 5.11 Å². The lowest BCUT2D eigenvalue weighted by molar-refractivity contribution is -0.137. The Morgan fingerprint density at radius 2 is 1.86 bits per heavy atom. The van der Waals surface area contributed by atoms with Crippen LogP contribution in [0.3, 0.4) is 0 Å². The maximum atomic E-state index is 13.0. The first kappa shape index (κ1) is 14.9. The van der Waals surface area contributed by atoms with Gasteiger partial charge in [-0.15, -0.1) is 0 Å². The summed E-state index contributed by atoms with van der Waals surface area (Å²) in [6, 6.07) is 3.15. The number of carboxylic acid groups (broad SMARTS) is 1. The zero-order valence-corrected chi connectivity index (χ0v) is 10.6. The lowest BCUT2D eigenvalue weighted by atomic mass is 10.1. The molecule has 0 saturated heterocycles. The number of halogens is 4. The monoisotopic (exact) mass is 300 g/mol. The van der Waals surface area contributed by atoms with Crippen molar-refractivity contribution in [1.29, 1.82) is 0 Å². The highest BCUT2D eigenvalue weighted by Crippen LogP contribution is 2.36. The van der Waals surface area contributed by atoms with Crippen molar-refractivity contribution in [3.63, 3.8) is 0 Å². The zero-order valence-electron chi connectivity index (χ0n) is 10.6. The van der Waals surface area contributed by atoms with Crippen LogP contribution in [0.2, 0.25) is 0 Å². The Morgan fingerprint density at radius 1 is 1.19 bits per heavy atom. The SMILES string of the molecule is Cc1cc(C(=O)O)nc(-c2ccc(F)cc2C(F)(F)F)n1. The second kappa shape index (κ2) is 5.12. The molecule has 0 bridgehead atoms. The predicted molar refractivity (Wildman–Crippen MR) is 64.1 cm³/mol. The quantitative estimate of drug-likeness (QED) is 0.864. The minimum atomic E-state index is -4.81. The van der Waals surface area contributed by atoms with Gasteiger partial charge in [-0.05, 0) is 31.2 Å². The summed E-state index contributed by atoms with van der Waals surface area (Å²) in [5, 5.41) is 8.88. The number of alkyl halides is 3. The summed E-state index contributed by atoms with van der Waals surface area (Å²) >= 11 is 0. The van der Waals surface area contributed by atoms with E-state index in [4.69, 9.17) is 5.11 Å². The van der Waals surface area contributed by atoms with Gasteiger partial charge in [0, 0.05) is 11.3 Å². The minimum Gasteiger partial charge on any atom is -0.477 e. The molecule has 1 aromatic carbocycles. The van der Waals surface area contributed by atoms with Crippen LogP contribution in [-0.2, 0) is 6.18 Å². The van der Waals surface area contributed by atoms with Gasteiger partial charge in [0.15, 0.2) is 11.5 Å². The highest BCUT2D eigenvalue weighted by molar-refractivity contribution is 5.86. The first-order valence-electron chi connectivity index (χ1n) is 5.64. The Morgan fingerprint density at radius 3 is 2.43 bits per heavy atom. The van der Waals surface area contributed by atoms with Crippen molar-refractivity contribution in [3.05, 3.63) is 47.0 Å². The van der Waals surface area contributed by atoms with Crippen LogP contribution in [0.1, 0.15) is 21.7 Å². The Hall–Kier alpha value is -2.51. The molecular formula is C13H8F4N2O2. The Bertz CT molecular complexity index is 714. The number of nitrogens with zero attached hydrogens (tertiary/aromatic N) is 2. The normalized spacial score (nSPS) is 11.5. The first-order chi connectivity index (χ1) is 9.68. The molecule has 0 amide bonds. The van der Waals surface area contributed by atoms with E-state index < -0.39 is 40.6 Å². The number of hydrogen-bond donors (Lipinski definition) is 1. The van der Waals surface area contributed by atoms with Crippen LogP contribution < -0.4 is 0 Å². The Kier molecular flexibility index (Phi) is 3.63. The molecule has 110 valence electrons. The van der Waals surface area contributed by atoms with E-state index >= 15 is 0 Å². The van der Waals surface area contributed by atoms with Crippen LogP contribution in [0.25, 0.3) is 11.4 Å². The van der Waals surface area contributed by atoms with Gasteiger partial charge >= 0.3 is 12.1 Å². The molecule has 0 aliphatic heterocycles. The van der Waals surface area contributed by atoms with Crippen LogP contribution >= 0.6 is 0 Å². The van der Waals surface area contributed by atoms with Crippen molar-refractivity contribution in [3.8, 4) is 11.4 Å². The number of hydrogen-bond acceptors (Lipinski definition) is 3. The molecule has 0 spiro atoms. The third kappa shape index (κ3) is 3.15. The second-order valence-corrected chi connectivity index (χ2v) is 4.21. The topological polar surface area (TPSA) is 63.1 Å². The molecule has 1 heterocycles. The average Bonchev–Trinajstić information content (AvgIpc) is 2.36. The van der Waals surface area contributed by atoms with E-state index in [1.54, 1.807) is 0 Å². The van der Waals surface area contributed by atoms with E-state index in [1.807, 2.05) is 0 Å². The first-order valence-corrected chi connectivity index (χ1v) is 5.64. The van der Waals surface area contributed by atoms with Crippen LogP contribution in [0.5, 0.6) is 0 Å². The number of aromatic nitrogens is 2. The molecule has 0 saturated carbocycles. The summed E-state index contributed by atoms with van der Waals surface area (Å²) in [6.45, 7) is 1.43. The van der Waals surface area contributed by atoms with Crippen molar-refractivity contribution in [2.45, 2.75) is 13.1 Å². The molecule has 1 N–H and O–H groups in total. The molecule has 21 heavy (non-hydrogen) atoms. The molecule has 4 nitrogen and oxygen atoms in total. The van der Waals surface area contributed by atoms with Crippen molar-refractivity contribution in [1.82, 2.24) is 9.97 Å². The van der Waals surface area contributed by atoms with E-state index in [-0.39, 0.29) is 5.69 Å². The number of benzene rings is 1. The molecule has 0 aliphatic carbocycles. The molecule has 0 aliphatic rings. The molecule has 8 heteroatoms. The van der Waals surface area contributed by atoms with Crippen LogP contribution in [0.15, 0.2) is 24.3 Å². The van der Waals surface area contributed by atoms with Crippen molar-refractivity contribution >= 4 is 5.97 Å². The van der Waals surface area contributed by atoms with Crippen LogP contribution in [0.4, 0.5) is 17.6 Å². The van der Waals surface area contributed by atoms with E-state index in [2.05, 4.69) is 9.97 Å². The molecule has 0 unspecified atom stereocenters. The zero-order chi connectivity index (χ0) is 15.8. The lowest BCUT2D eigenvalue weighted by Gasteiger charge is -2.12. The van der Waals surface area contributed by atoms with Gasteiger partial charge in [0.1, 0.15) is 5.82 Å². The van der Waals surface area contributed by atoms with Crippen molar-refractivity contribution in [2.24, 2.45) is 0 Å². The van der Waals surface area contributed by atoms with Crippen LogP contribution in [-0.4, -0.2) is 21.0 Å². The highest BCUT2D eigenvalue weighted by Gasteiger charge is 2.35. The lowest BCUT2D eigenvalue weighted by Crippen LogP contribution is -2.10. The van der Waals surface area contributed by atoms with Gasteiger partial charge in [-0.3, -0.25) is 0 Å². The maximum absolute atomic E-state index is 13.0. The van der Waals surface area contributed by atoms with Gasteiger partial charge in [0.25, 0.3) is 0 Å². The van der Waals surface area contributed by atoms with Gasteiger partial charge in [0.2, 0.25) is 0 Å². The highest BCUT2D eigenvalue weighted by atomic mass is 19.4. The van der Waals surface area contributed by atoms with E-state index in [1.165, 1.54) is 6.92 Å². The number of aromatic carboxylic acids is 1. The number of carboxylic acids is 1. The fraction of sp³-hybridized carbons (Fsp3) is 0.154. The van der Waals surface area contributed by atoms with Gasteiger partial charge in [-0.2, -0.15) is 13.2 Å². The predicted octanol–water partition coefficient (Wildman–Crippen LogP) is 3.31. The van der Waals surface area contributed by atoms with Crippen LogP contribution in [0, 0.1) is 12.7 Å². The summed E-state index contributed by atoms with van der Waals surface area (Å²) in [6.07, 6.45) is -4.81. The minimum absolute atomic E-state index is 0.190. The Balaban J connectivity index is 2.70. The molecule has 0 fully saturated rings. The second-order valence-electron chi connectivity index (χ2n) is 4.21. The molecule has 0 radical (unpaired) electrons. The average molecular weight is 300 g/mol. The maximum Gasteiger partial charge on any atom is 0.417 e. The van der Waals surface area contributed by atoms with Gasteiger partial charge in [-0.25, -0.2) is 19.2 Å².